The molecule has 30 heavy (non-hydrogen) atoms. The van der Waals surface area contributed by atoms with Gasteiger partial charge in [-0.25, -0.2) is 9.59 Å². The lowest BCUT2D eigenvalue weighted by atomic mass is 10.1. The molecule has 0 atom stereocenters. The van der Waals surface area contributed by atoms with E-state index in [1.807, 2.05) is 0 Å². The third-order valence-electron chi connectivity index (χ3n) is 4.06. The lowest BCUT2D eigenvalue weighted by molar-refractivity contribution is 0.0714. The molecule has 4 aliphatic heterocycles. The topological polar surface area (TPSA) is 139 Å². The number of hydrogen-bond acceptors (Lipinski definition) is 6. The Kier molecular flexibility index (Phi) is 5.88. The summed E-state index contributed by atoms with van der Waals surface area (Å²) in [5.41, 5.74) is 11.1. The van der Waals surface area contributed by atoms with Crippen LogP contribution < -0.4 is 20.9 Å². The van der Waals surface area contributed by atoms with Gasteiger partial charge in [0.2, 0.25) is 11.8 Å². The summed E-state index contributed by atoms with van der Waals surface area (Å²) in [6, 6.07) is 18.6. The molecular weight excluding hydrogens is 388 g/mol. The summed E-state index contributed by atoms with van der Waals surface area (Å²) in [4.78, 5) is 45.0. The number of hydrogen-bond donors (Lipinski definition) is 2. The van der Waals surface area contributed by atoms with Crippen LogP contribution in [0.25, 0.3) is 0 Å². The second kappa shape index (κ2) is 8.70. The van der Waals surface area contributed by atoms with E-state index in [1.165, 1.54) is 36.4 Å². The van der Waals surface area contributed by atoms with Crippen molar-refractivity contribution in [1.29, 1.82) is 0 Å². The molecule has 0 spiro atoms. The fourth-order valence-electron chi connectivity index (χ4n) is 2.56. The maximum atomic E-state index is 11.8. The predicted molar refractivity (Wildman–Crippen MR) is 106 cm³/mol. The summed E-state index contributed by atoms with van der Waals surface area (Å²) in [6.07, 6.45) is 0. The molecule has 4 heterocycles. The molecule has 8 nitrogen and oxygen atoms in total. The summed E-state index contributed by atoms with van der Waals surface area (Å²) in [7, 11) is 0. The molecule has 8 heteroatoms. The van der Waals surface area contributed by atoms with Gasteiger partial charge in [-0.15, -0.1) is 0 Å². The normalized spacial score (nSPS) is 11.9. The van der Waals surface area contributed by atoms with Crippen molar-refractivity contribution in [2.75, 3.05) is 0 Å². The van der Waals surface area contributed by atoms with Gasteiger partial charge in [-0.05, 0) is 60.7 Å². The molecule has 4 N–H and O–H groups in total. The van der Waals surface area contributed by atoms with Gasteiger partial charge in [0.15, 0.2) is 0 Å². The highest BCUT2D eigenvalue weighted by Crippen LogP contribution is 2.21. The number of ether oxygens (including phenoxy) is 2. The molecule has 0 fully saturated rings. The zero-order valence-corrected chi connectivity index (χ0v) is 15.5. The monoisotopic (exact) mass is 404 g/mol. The van der Waals surface area contributed by atoms with E-state index in [2.05, 4.69) is 0 Å². The van der Waals surface area contributed by atoms with Crippen molar-refractivity contribution in [1.82, 2.24) is 0 Å². The third-order valence-corrected chi connectivity index (χ3v) is 4.06. The van der Waals surface area contributed by atoms with Crippen LogP contribution in [0.3, 0.4) is 0 Å². The van der Waals surface area contributed by atoms with Crippen LogP contribution >= 0.6 is 0 Å². The van der Waals surface area contributed by atoms with E-state index in [-0.39, 0.29) is 11.1 Å². The highest BCUT2D eigenvalue weighted by Gasteiger charge is 2.14. The number of carbonyl (C=O) groups excluding carboxylic acids is 4. The number of rotatable bonds is 2. The summed E-state index contributed by atoms with van der Waals surface area (Å²) in [6.45, 7) is 0. The van der Waals surface area contributed by atoms with Crippen LogP contribution in [0, 0.1) is 0 Å². The molecule has 7 rings (SSSR count). The molecule has 0 saturated heterocycles. The average molecular weight is 404 g/mol. The third kappa shape index (κ3) is 4.68. The van der Waals surface area contributed by atoms with Gasteiger partial charge in [0.25, 0.3) is 0 Å². The van der Waals surface area contributed by atoms with Crippen molar-refractivity contribution in [3.63, 3.8) is 0 Å². The van der Waals surface area contributed by atoms with Crippen molar-refractivity contribution in [2.24, 2.45) is 11.5 Å². The molecular formula is C22H16N2O6. The molecule has 0 unspecified atom stereocenters. The van der Waals surface area contributed by atoms with Crippen LogP contribution in [0.2, 0.25) is 0 Å². The first kappa shape index (κ1) is 20.3. The maximum absolute atomic E-state index is 11.8. The van der Waals surface area contributed by atoms with E-state index in [0.29, 0.717) is 22.6 Å². The Labute approximate surface area is 171 Å². The van der Waals surface area contributed by atoms with Crippen molar-refractivity contribution < 1.29 is 28.7 Å². The number of primary amides is 2. The Balaban J connectivity index is 0.000000187. The molecule has 0 aliphatic carbocycles. The Bertz CT molecular complexity index is 1030. The first-order chi connectivity index (χ1) is 14.3. The smallest absolute Gasteiger partial charge is 0.343 e. The minimum Gasteiger partial charge on any atom is -0.423 e. The minimum atomic E-state index is -0.649. The molecule has 0 aromatic heterocycles. The lowest BCUT2D eigenvalue weighted by Gasteiger charge is -2.09. The van der Waals surface area contributed by atoms with Gasteiger partial charge in [0.1, 0.15) is 11.5 Å². The quantitative estimate of drug-likeness (QED) is 0.496. The summed E-state index contributed by atoms with van der Waals surface area (Å²) in [5.74, 6) is -1.39. The molecule has 150 valence electrons. The largest absolute Gasteiger partial charge is 0.423 e. The Morgan fingerprint density at radius 1 is 0.567 bits per heavy atom. The van der Waals surface area contributed by atoms with Crippen LogP contribution in [0.4, 0.5) is 0 Å². The van der Waals surface area contributed by atoms with Crippen molar-refractivity contribution in [3.05, 3.63) is 95.1 Å². The van der Waals surface area contributed by atoms with Crippen molar-refractivity contribution >= 4 is 23.8 Å². The van der Waals surface area contributed by atoms with Crippen LogP contribution in [0.5, 0.6) is 11.5 Å². The summed E-state index contributed by atoms with van der Waals surface area (Å²) >= 11 is 0. The second-order valence-corrected chi connectivity index (χ2v) is 6.10. The van der Waals surface area contributed by atoms with Crippen LogP contribution in [0.15, 0.2) is 72.8 Å². The van der Waals surface area contributed by atoms with E-state index in [1.54, 1.807) is 36.4 Å². The molecule has 4 bridgehead atoms. The standard InChI is InChI=1S/C14H8O4.C8H8N2O2/c15-13-9-1-2-10(4-3-9)14(16)18-12-7-5-11(17-13)6-8-12;9-7(11)5-3-1-2-4-6(5)8(10)12/h1-8H;1-4H,(H2,9,11)(H2,10,12). The maximum Gasteiger partial charge on any atom is 0.343 e. The van der Waals surface area contributed by atoms with Gasteiger partial charge >= 0.3 is 11.9 Å². The number of esters is 2. The first-order valence-electron chi connectivity index (χ1n) is 8.68. The van der Waals surface area contributed by atoms with E-state index in [0.717, 1.165) is 0 Å². The zero-order chi connectivity index (χ0) is 21.7. The molecule has 0 radical (unpaired) electrons. The Morgan fingerprint density at radius 2 is 0.900 bits per heavy atom. The van der Waals surface area contributed by atoms with Crippen LogP contribution in [-0.2, 0) is 0 Å². The Morgan fingerprint density at radius 3 is 1.20 bits per heavy atom. The van der Waals surface area contributed by atoms with Gasteiger partial charge in [-0.3, -0.25) is 9.59 Å². The zero-order valence-electron chi connectivity index (χ0n) is 15.5. The van der Waals surface area contributed by atoms with Crippen molar-refractivity contribution in [2.45, 2.75) is 0 Å². The van der Waals surface area contributed by atoms with Gasteiger partial charge in [-0.1, -0.05) is 12.1 Å². The lowest BCUT2D eigenvalue weighted by Crippen LogP contribution is -2.20. The SMILES string of the molecule is NC(=O)c1ccccc1C(N)=O.O=C1Oc2ccc(cc2)OC(=O)c2ccc1cc2. The van der Waals surface area contributed by atoms with Gasteiger partial charge < -0.3 is 20.9 Å². The molecule has 3 aromatic carbocycles. The highest BCUT2D eigenvalue weighted by molar-refractivity contribution is 6.06. The summed E-state index contributed by atoms with van der Waals surface area (Å²) in [5, 5.41) is 0. The van der Waals surface area contributed by atoms with E-state index in [4.69, 9.17) is 20.9 Å². The van der Waals surface area contributed by atoms with E-state index < -0.39 is 23.8 Å². The molecule has 2 amide bonds. The first-order valence-corrected chi connectivity index (χ1v) is 8.68. The predicted octanol–water partition coefficient (Wildman–Crippen LogP) is 2.32. The molecule has 3 aromatic rings. The Hall–Kier alpha value is -4.46. The number of nitrogens with two attached hydrogens (primary N) is 2. The second-order valence-electron chi connectivity index (χ2n) is 6.10. The van der Waals surface area contributed by atoms with E-state index in [9.17, 15) is 19.2 Å². The fourth-order valence-corrected chi connectivity index (χ4v) is 2.56. The average Bonchev–Trinajstić information content (AvgIpc) is 2.74. The minimum absolute atomic E-state index is 0.157. The highest BCUT2D eigenvalue weighted by atomic mass is 16.5. The van der Waals surface area contributed by atoms with Crippen LogP contribution in [-0.4, -0.2) is 23.8 Å². The summed E-state index contributed by atoms with van der Waals surface area (Å²) < 4.78 is 10.3. The van der Waals surface area contributed by atoms with Gasteiger partial charge in [0, 0.05) is 0 Å². The van der Waals surface area contributed by atoms with Gasteiger partial charge in [-0.2, -0.15) is 0 Å². The molecule has 4 aliphatic rings. The van der Waals surface area contributed by atoms with Gasteiger partial charge in [0.05, 0.1) is 22.3 Å². The van der Waals surface area contributed by atoms with E-state index >= 15 is 0 Å². The number of amides is 2. The fraction of sp³-hybridized carbons (Fsp3) is 0. The van der Waals surface area contributed by atoms with Crippen LogP contribution in [0.1, 0.15) is 41.4 Å². The number of benzene rings is 3. The van der Waals surface area contributed by atoms with Crippen molar-refractivity contribution in [3.8, 4) is 11.5 Å². The molecule has 0 saturated carbocycles. The number of carbonyl (C=O) groups is 4.